The van der Waals surface area contributed by atoms with Crippen molar-refractivity contribution in [2.45, 2.75) is 0 Å². The van der Waals surface area contributed by atoms with E-state index in [4.69, 9.17) is 10.7 Å². The summed E-state index contributed by atoms with van der Waals surface area (Å²) in [5, 5.41) is 16.0. The topological polar surface area (TPSA) is 46.1 Å². The van der Waals surface area contributed by atoms with Gasteiger partial charge >= 0.3 is 0 Å². The van der Waals surface area contributed by atoms with Gasteiger partial charge in [0.2, 0.25) is 0 Å². The molecule has 0 amide bonds. The van der Waals surface area contributed by atoms with Crippen molar-refractivity contribution in [3.63, 3.8) is 0 Å². The molecule has 0 spiro atoms. The van der Waals surface area contributed by atoms with Gasteiger partial charge in [-0.25, -0.2) is 0 Å². The van der Waals surface area contributed by atoms with Crippen molar-refractivity contribution in [2.75, 3.05) is 0 Å². The quantitative estimate of drug-likeness (QED) is 0.219. The van der Waals surface area contributed by atoms with Crippen molar-refractivity contribution in [1.29, 1.82) is 5.26 Å². The van der Waals surface area contributed by atoms with E-state index in [-0.39, 0.29) is 9.77 Å². The summed E-state index contributed by atoms with van der Waals surface area (Å²) in [7, 11) is 0. The molecule has 0 aromatic heterocycles. The van der Waals surface area contributed by atoms with Gasteiger partial charge in [0, 0.05) is 0 Å². The molecule has 8 heavy (non-hydrogen) atoms. The predicted molar refractivity (Wildman–Crippen MR) is 36.2 cm³/mol. The Balaban J connectivity index is 4.33. The van der Waals surface area contributed by atoms with Crippen molar-refractivity contribution < 1.29 is 0 Å². The van der Waals surface area contributed by atoms with E-state index < -0.39 is 0 Å². The summed E-state index contributed by atoms with van der Waals surface area (Å²) in [6.07, 6.45) is 0. The Bertz CT molecular complexity index is 195. The molecule has 0 aliphatic rings. The average Bonchev–Trinajstić information content (AvgIpc) is 1.84. The van der Waals surface area contributed by atoms with Gasteiger partial charge in [0.05, 0.1) is 0 Å². The Morgan fingerprint density at radius 1 is 1.62 bits per heavy atom. The Morgan fingerprint density at radius 2 is 2.12 bits per heavy atom. The number of hydrogen-bond donors (Lipinski definition) is 0. The van der Waals surface area contributed by atoms with Gasteiger partial charge in [-0.2, -0.15) is 5.26 Å². The molecule has 0 atom stereocenters. The summed E-state index contributed by atoms with van der Waals surface area (Å²) < 4.78 is 0. The monoisotopic (exact) mass is 140 g/mol. The van der Waals surface area contributed by atoms with Crippen molar-refractivity contribution in [1.82, 2.24) is 5.41 Å². The molecule has 0 bridgehead atoms. The minimum Gasteiger partial charge on any atom is -0.768 e. The fourth-order valence-corrected chi connectivity index (χ4v) is 0.193. The zero-order valence-corrected chi connectivity index (χ0v) is 5.34. The molecule has 0 unspecified atom stereocenters. The number of nitriles is 1. The molecule has 0 heterocycles. The molecule has 0 aromatic carbocycles. The van der Waals surface area contributed by atoms with E-state index in [0.717, 1.165) is 0 Å². The van der Waals surface area contributed by atoms with Gasteiger partial charge in [0.25, 0.3) is 0 Å². The largest absolute Gasteiger partial charge is 0.768 e. The number of hydrogen-bond acceptors (Lipinski definition) is 3. The second-order valence-electron chi connectivity index (χ2n) is 0.882. The molecular weight excluding hydrogens is 140 g/mol. The molecule has 0 N–H and O–H groups in total. The lowest BCUT2D eigenvalue weighted by atomic mass is 10.4. The molecule has 0 saturated heterocycles. The molecule has 39 valence electrons. The van der Waals surface area contributed by atoms with Gasteiger partial charge in [0.1, 0.15) is 10.9 Å². The summed E-state index contributed by atoms with van der Waals surface area (Å²) in [6, 6.07) is 1.58. The Morgan fingerprint density at radius 3 is 2.25 bits per heavy atom. The predicted octanol–water partition coefficient (Wildman–Crippen LogP) is -0.220. The summed E-state index contributed by atoms with van der Waals surface area (Å²) in [6.45, 7) is 0. The van der Waals surface area contributed by atoms with E-state index in [1.54, 1.807) is 11.9 Å². The second kappa shape index (κ2) is 3.28. The maximum Gasteiger partial charge on any atom is 0.110 e. The molecule has 0 aromatic rings. The van der Waals surface area contributed by atoms with Gasteiger partial charge in [-0.1, -0.05) is 22.5 Å². The molecule has 0 aliphatic carbocycles. The van der Waals surface area contributed by atoms with Crippen LogP contribution in [0.4, 0.5) is 0 Å². The van der Waals surface area contributed by atoms with Gasteiger partial charge in [-0.15, -0.1) is 0 Å². The maximum atomic E-state index is 8.01. The highest BCUT2D eigenvalue weighted by atomic mass is 32.1. The minimum absolute atomic E-state index is 0.109. The first-order chi connectivity index (χ1) is 3.72. The van der Waals surface area contributed by atoms with Gasteiger partial charge in [0.15, 0.2) is 0 Å². The van der Waals surface area contributed by atoms with Crippen LogP contribution in [0.1, 0.15) is 0 Å². The Labute approximate surface area is 57.7 Å². The van der Waals surface area contributed by atoms with Crippen LogP contribution < -0.4 is 5.41 Å². The van der Waals surface area contributed by atoms with E-state index in [1.807, 2.05) is 0 Å². The van der Waals surface area contributed by atoms with E-state index in [1.165, 1.54) is 0 Å². The lowest BCUT2D eigenvalue weighted by Crippen LogP contribution is -1.91. The van der Waals surface area contributed by atoms with E-state index in [9.17, 15) is 0 Å². The van der Waals surface area contributed by atoms with Crippen LogP contribution >= 0.6 is 12.2 Å². The summed E-state index contributed by atoms with van der Waals surface area (Å²) in [5.41, 5.74) is 0. The van der Waals surface area contributed by atoms with Crippen LogP contribution in [0.15, 0.2) is 4.91 Å². The van der Waals surface area contributed by atoms with E-state index in [2.05, 4.69) is 24.8 Å². The lowest BCUT2D eigenvalue weighted by molar-refractivity contribution is 1.56. The molecular formula is C4N2S2-. The van der Waals surface area contributed by atoms with Crippen molar-refractivity contribution in [3.8, 4) is 6.07 Å². The third kappa shape index (κ3) is 1.80. The average molecular weight is 140 g/mol. The molecule has 4 heteroatoms. The van der Waals surface area contributed by atoms with Crippen LogP contribution in [0.2, 0.25) is 0 Å². The Kier molecular flexibility index (Phi) is 2.97. The first kappa shape index (κ1) is 7.25. The molecule has 1 radical (unpaired) electrons. The smallest absolute Gasteiger partial charge is 0.110 e. The third-order valence-corrected chi connectivity index (χ3v) is 1.13. The van der Waals surface area contributed by atoms with Crippen LogP contribution in [-0.2, 0) is 12.6 Å². The normalized spacial score (nSPS) is 6.38. The highest BCUT2D eigenvalue weighted by Crippen LogP contribution is 1.85. The SMILES string of the molecule is [N]=C=C([S-])C(=S)C#N. The highest BCUT2D eigenvalue weighted by Gasteiger charge is 1.84. The van der Waals surface area contributed by atoms with Crippen LogP contribution in [0.3, 0.4) is 0 Å². The van der Waals surface area contributed by atoms with Crippen molar-refractivity contribution >= 4 is 35.6 Å². The summed E-state index contributed by atoms with van der Waals surface area (Å²) in [4.78, 5) is -0.218. The number of rotatable bonds is 1. The van der Waals surface area contributed by atoms with Crippen molar-refractivity contribution in [2.24, 2.45) is 0 Å². The van der Waals surface area contributed by atoms with Crippen molar-refractivity contribution in [3.05, 3.63) is 4.91 Å². The first-order valence-corrected chi connectivity index (χ1v) is 2.42. The molecule has 0 fully saturated rings. The van der Waals surface area contributed by atoms with Gasteiger partial charge in [-0.05, 0) is 5.87 Å². The van der Waals surface area contributed by atoms with Gasteiger partial charge < -0.3 is 12.6 Å². The Hall–Kier alpha value is -0.750. The zero-order valence-electron chi connectivity index (χ0n) is 3.71. The standard InChI is InChI=1S/C4HN2S2/c5-1-3(7)4(8)2-6/h7H/p-1. The zero-order chi connectivity index (χ0) is 6.57. The van der Waals surface area contributed by atoms with Gasteiger partial charge in [-0.3, -0.25) is 0 Å². The fourth-order valence-electron chi connectivity index (χ4n) is 0.102. The lowest BCUT2D eigenvalue weighted by Gasteiger charge is -1.98. The second-order valence-corrected chi connectivity index (χ2v) is 1.70. The van der Waals surface area contributed by atoms with Crippen LogP contribution in [0.25, 0.3) is 0 Å². The number of thiocarbonyl (C=S) groups is 1. The summed E-state index contributed by atoms with van der Waals surface area (Å²) in [5.74, 6) is 1.58. The molecule has 0 rings (SSSR count). The molecule has 0 aliphatic heterocycles. The minimum atomic E-state index is -0.109. The van der Waals surface area contributed by atoms with Crippen LogP contribution in [-0.4, -0.2) is 10.7 Å². The summed E-state index contributed by atoms with van der Waals surface area (Å²) >= 11 is 8.70. The molecule has 0 saturated carbocycles. The molecule has 2 nitrogen and oxygen atoms in total. The fraction of sp³-hybridized carbons (Fsp3) is 0. The maximum absolute atomic E-state index is 8.01. The number of allylic oxidation sites excluding steroid dienone is 1. The highest BCUT2D eigenvalue weighted by molar-refractivity contribution is 7.83. The van der Waals surface area contributed by atoms with Crippen LogP contribution in [0, 0.1) is 11.3 Å². The number of nitrogens with zero attached hydrogens (tertiary/aromatic N) is 2. The first-order valence-electron chi connectivity index (χ1n) is 1.61. The van der Waals surface area contributed by atoms with E-state index >= 15 is 0 Å². The van der Waals surface area contributed by atoms with E-state index in [0.29, 0.717) is 0 Å². The third-order valence-electron chi connectivity index (χ3n) is 0.409. The van der Waals surface area contributed by atoms with Crippen LogP contribution in [0.5, 0.6) is 0 Å².